The van der Waals surface area contributed by atoms with Crippen LogP contribution in [-0.2, 0) is 6.54 Å². The Balaban J connectivity index is 1.37. The van der Waals surface area contributed by atoms with Crippen molar-refractivity contribution in [2.75, 3.05) is 26.7 Å². The zero-order valence-corrected chi connectivity index (χ0v) is 16.0. The minimum Gasteiger partial charge on any atom is -0.444 e. The molecule has 0 amide bonds. The Kier molecular flexibility index (Phi) is 6.34. The summed E-state index contributed by atoms with van der Waals surface area (Å²) in [5, 5.41) is 7.09. The molecular formula is C19H33N5O. The van der Waals surface area contributed by atoms with Gasteiger partial charge in [-0.3, -0.25) is 9.89 Å². The molecular weight excluding hydrogens is 314 g/mol. The number of aliphatic imine (C=N–C) groups is 1. The van der Waals surface area contributed by atoms with E-state index in [9.17, 15) is 0 Å². The monoisotopic (exact) mass is 347 g/mol. The molecule has 1 saturated carbocycles. The van der Waals surface area contributed by atoms with Crippen LogP contribution in [0.1, 0.15) is 55.9 Å². The first-order valence-electron chi connectivity index (χ1n) is 9.76. The molecule has 0 aromatic carbocycles. The number of oxazole rings is 1. The lowest BCUT2D eigenvalue weighted by Crippen LogP contribution is -2.45. The van der Waals surface area contributed by atoms with Gasteiger partial charge < -0.3 is 15.1 Å². The Morgan fingerprint density at radius 1 is 1.20 bits per heavy atom. The van der Waals surface area contributed by atoms with Crippen LogP contribution in [0.15, 0.2) is 9.41 Å². The van der Waals surface area contributed by atoms with Gasteiger partial charge in [-0.15, -0.1) is 0 Å². The zero-order valence-electron chi connectivity index (χ0n) is 16.0. The van der Waals surface area contributed by atoms with Crippen molar-refractivity contribution in [3.63, 3.8) is 0 Å². The molecule has 6 nitrogen and oxygen atoms in total. The average Bonchev–Trinajstić information content (AvgIpc) is 3.23. The number of nitrogens with one attached hydrogen (secondary N) is 2. The Bertz CT molecular complexity index is 549. The molecule has 25 heavy (non-hydrogen) atoms. The van der Waals surface area contributed by atoms with E-state index in [1.54, 1.807) is 0 Å². The van der Waals surface area contributed by atoms with E-state index in [1.165, 1.54) is 38.5 Å². The lowest BCUT2D eigenvalue weighted by molar-refractivity contribution is 0.164. The van der Waals surface area contributed by atoms with Gasteiger partial charge in [-0.2, -0.15) is 0 Å². The third kappa shape index (κ3) is 5.21. The first kappa shape index (κ1) is 18.2. The molecule has 140 valence electrons. The van der Waals surface area contributed by atoms with Crippen LogP contribution in [0, 0.1) is 19.8 Å². The second kappa shape index (κ2) is 8.70. The van der Waals surface area contributed by atoms with Crippen LogP contribution in [0.2, 0.25) is 0 Å². The molecule has 0 radical (unpaired) electrons. The molecule has 0 unspecified atom stereocenters. The molecule has 1 aliphatic heterocycles. The van der Waals surface area contributed by atoms with E-state index < -0.39 is 0 Å². The molecule has 2 fully saturated rings. The van der Waals surface area contributed by atoms with Gasteiger partial charge in [-0.05, 0) is 58.5 Å². The van der Waals surface area contributed by atoms with Gasteiger partial charge in [0.25, 0.3) is 0 Å². The SMILES string of the molecule is CN=C(NCC1CCN(Cc2nc(C)c(C)o2)CC1)NC1CCCC1. The van der Waals surface area contributed by atoms with Gasteiger partial charge in [0.2, 0.25) is 5.89 Å². The van der Waals surface area contributed by atoms with Crippen molar-refractivity contribution in [1.29, 1.82) is 0 Å². The van der Waals surface area contributed by atoms with E-state index >= 15 is 0 Å². The van der Waals surface area contributed by atoms with Crippen LogP contribution < -0.4 is 10.6 Å². The highest BCUT2D eigenvalue weighted by atomic mass is 16.4. The van der Waals surface area contributed by atoms with Crippen molar-refractivity contribution in [1.82, 2.24) is 20.5 Å². The van der Waals surface area contributed by atoms with Gasteiger partial charge in [0.1, 0.15) is 5.76 Å². The number of hydrogen-bond donors (Lipinski definition) is 2. The van der Waals surface area contributed by atoms with E-state index in [2.05, 4.69) is 25.5 Å². The number of likely N-dealkylation sites (tertiary alicyclic amines) is 1. The second-order valence-corrected chi connectivity index (χ2v) is 7.55. The van der Waals surface area contributed by atoms with Gasteiger partial charge in [0.05, 0.1) is 12.2 Å². The number of guanidine groups is 1. The quantitative estimate of drug-likeness (QED) is 0.633. The van der Waals surface area contributed by atoms with Crippen LogP contribution >= 0.6 is 0 Å². The average molecular weight is 348 g/mol. The van der Waals surface area contributed by atoms with E-state index in [4.69, 9.17) is 4.42 Å². The summed E-state index contributed by atoms with van der Waals surface area (Å²) < 4.78 is 5.71. The van der Waals surface area contributed by atoms with Crippen molar-refractivity contribution in [2.45, 2.75) is 65.0 Å². The topological polar surface area (TPSA) is 65.7 Å². The smallest absolute Gasteiger partial charge is 0.208 e. The van der Waals surface area contributed by atoms with Crippen molar-refractivity contribution in [3.05, 3.63) is 17.3 Å². The fraction of sp³-hybridized carbons (Fsp3) is 0.789. The third-order valence-corrected chi connectivity index (χ3v) is 5.62. The number of nitrogens with zero attached hydrogens (tertiary/aromatic N) is 3. The largest absolute Gasteiger partial charge is 0.444 e. The van der Waals surface area contributed by atoms with Gasteiger partial charge in [0, 0.05) is 19.6 Å². The zero-order chi connectivity index (χ0) is 17.6. The fourth-order valence-electron chi connectivity index (χ4n) is 3.85. The van der Waals surface area contributed by atoms with Gasteiger partial charge in [-0.25, -0.2) is 4.98 Å². The van der Waals surface area contributed by atoms with Crippen LogP contribution in [-0.4, -0.2) is 48.6 Å². The Morgan fingerprint density at radius 2 is 1.92 bits per heavy atom. The molecule has 1 saturated heterocycles. The summed E-state index contributed by atoms with van der Waals surface area (Å²) in [6.45, 7) is 8.06. The summed E-state index contributed by atoms with van der Waals surface area (Å²) in [7, 11) is 1.87. The summed E-state index contributed by atoms with van der Waals surface area (Å²) in [6, 6.07) is 0.612. The van der Waals surface area contributed by atoms with Crippen LogP contribution in [0.4, 0.5) is 0 Å². The number of hydrogen-bond acceptors (Lipinski definition) is 4. The van der Waals surface area contributed by atoms with Crippen LogP contribution in [0.3, 0.4) is 0 Å². The third-order valence-electron chi connectivity index (χ3n) is 5.62. The molecule has 0 atom stereocenters. The molecule has 2 aliphatic rings. The standard InChI is InChI=1S/C19H33N5O/c1-14-15(2)25-18(22-14)13-24-10-8-16(9-11-24)12-21-19(20-3)23-17-6-4-5-7-17/h16-17H,4-13H2,1-3H3,(H2,20,21,23). The maximum absolute atomic E-state index is 5.71. The van der Waals surface area contributed by atoms with Crippen LogP contribution in [0.25, 0.3) is 0 Å². The Morgan fingerprint density at radius 3 is 2.52 bits per heavy atom. The number of piperidine rings is 1. The summed E-state index contributed by atoms with van der Waals surface area (Å²) in [5.74, 6) is 3.48. The summed E-state index contributed by atoms with van der Waals surface area (Å²) in [5.41, 5.74) is 1.01. The molecule has 1 aliphatic carbocycles. The molecule has 0 bridgehead atoms. The Labute approximate surface area is 151 Å². The van der Waals surface area contributed by atoms with E-state index in [1.807, 2.05) is 20.9 Å². The summed E-state index contributed by atoms with van der Waals surface area (Å²) >= 11 is 0. The van der Waals surface area contributed by atoms with Gasteiger partial charge in [-0.1, -0.05) is 12.8 Å². The van der Waals surface area contributed by atoms with Crippen molar-refractivity contribution in [2.24, 2.45) is 10.9 Å². The summed E-state index contributed by atoms with van der Waals surface area (Å²) in [4.78, 5) is 11.3. The number of aryl methyl sites for hydroxylation is 2. The number of rotatable bonds is 5. The lowest BCUT2D eigenvalue weighted by Gasteiger charge is -2.31. The van der Waals surface area contributed by atoms with Gasteiger partial charge >= 0.3 is 0 Å². The highest BCUT2D eigenvalue weighted by molar-refractivity contribution is 5.79. The highest BCUT2D eigenvalue weighted by Gasteiger charge is 2.22. The maximum atomic E-state index is 5.71. The maximum Gasteiger partial charge on any atom is 0.208 e. The fourth-order valence-corrected chi connectivity index (χ4v) is 3.85. The first-order valence-corrected chi connectivity index (χ1v) is 9.76. The van der Waals surface area contributed by atoms with Gasteiger partial charge in [0.15, 0.2) is 5.96 Å². The normalized spacial score (nSPS) is 21.0. The minimum atomic E-state index is 0.612. The molecule has 2 N–H and O–H groups in total. The predicted molar refractivity (Wildman–Crippen MR) is 101 cm³/mol. The van der Waals surface area contributed by atoms with Crippen LogP contribution in [0.5, 0.6) is 0 Å². The van der Waals surface area contributed by atoms with E-state index in [0.717, 1.165) is 49.5 Å². The molecule has 2 heterocycles. The van der Waals surface area contributed by atoms with Crippen molar-refractivity contribution >= 4 is 5.96 Å². The van der Waals surface area contributed by atoms with Crippen molar-refractivity contribution in [3.8, 4) is 0 Å². The molecule has 1 aromatic heterocycles. The highest BCUT2D eigenvalue weighted by Crippen LogP contribution is 2.20. The predicted octanol–water partition coefficient (Wildman–Crippen LogP) is 2.61. The molecule has 6 heteroatoms. The molecule has 0 spiro atoms. The number of aromatic nitrogens is 1. The molecule has 1 aromatic rings. The summed E-state index contributed by atoms with van der Waals surface area (Å²) in [6.07, 6.45) is 7.67. The van der Waals surface area contributed by atoms with Crippen molar-refractivity contribution < 1.29 is 4.42 Å². The Hall–Kier alpha value is -1.56. The minimum absolute atomic E-state index is 0.612. The second-order valence-electron chi connectivity index (χ2n) is 7.55. The molecule has 3 rings (SSSR count). The van der Waals surface area contributed by atoms with E-state index in [-0.39, 0.29) is 0 Å². The lowest BCUT2D eigenvalue weighted by atomic mass is 9.97. The van der Waals surface area contributed by atoms with E-state index in [0.29, 0.717) is 12.0 Å². The first-order chi connectivity index (χ1) is 12.1.